The largest absolute Gasteiger partial charge is 0.381 e. The summed E-state index contributed by atoms with van der Waals surface area (Å²) in [6.07, 6.45) is 3.68. The van der Waals surface area contributed by atoms with Crippen LogP contribution in [0.5, 0.6) is 0 Å². The molecular weight excluding hydrogens is 292 g/mol. The highest BCUT2D eigenvalue weighted by Gasteiger charge is 2.31. The fraction of sp³-hybridized carbons (Fsp3) is 0.812. The van der Waals surface area contributed by atoms with E-state index in [9.17, 15) is 0 Å². The third-order valence-corrected chi connectivity index (χ3v) is 5.26. The Hall–Kier alpha value is -1.63. The predicted octanol–water partition coefficient (Wildman–Crippen LogP) is 0.947. The van der Waals surface area contributed by atoms with Gasteiger partial charge in [-0.05, 0) is 38.0 Å². The molecule has 0 amide bonds. The molecule has 3 rings (SSSR count). The molecule has 1 aromatic rings. The van der Waals surface area contributed by atoms with Gasteiger partial charge in [0.1, 0.15) is 5.82 Å². The van der Waals surface area contributed by atoms with Crippen molar-refractivity contribution in [2.75, 3.05) is 33.4 Å². The van der Waals surface area contributed by atoms with E-state index in [0.717, 1.165) is 55.7 Å². The molecule has 1 unspecified atom stereocenters. The van der Waals surface area contributed by atoms with Gasteiger partial charge in [-0.3, -0.25) is 4.99 Å². The molecule has 23 heavy (non-hydrogen) atoms. The molecule has 1 atom stereocenters. The molecule has 0 aromatic carbocycles. The zero-order valence-corrected chi connectivity index (χ0v) is 14.5. The number of aryl methyl sites for hydroxylation is 1. The van der Waals surface area contributed by atoms with Gasteiger partial charge in [0.15, 0.2) is 11.8 Å². The standard InChI is InChI=1S/C16H28N6O/c1-12-19-20-15(21(12)3)10-18-16(17-2)22-7-4-14(11-22)13-5-8-23-9-6-13/h13-14H,4-11H2,1-3H3,(H,17,18). The Bertz CT molecular complexity index is 549. The topological polar surface area (TPSA) is 67.6 Å². The van der Waals surface area contributed by atoms with Crippen molar-refractivity contribution in [1.82, 2.24) is 25.0 Å². The Kier molecular flexibility index (Phi) is 5.15. The van der Waals surface area contributed by atoms with E-state index in [-0.39, 0.29) is 0 Å². The van der Waals surface area contributed by atoms with Crippen LogP contribution in [-0.4, -0.2) is 59.0 Å². The van der Waals surface area contributed by atoms with Gasteiger partial charge in [-0.25, -0.2) is 0 Å². The Labute approximate surface area is 138 Å². The molecule has 128 valence electrons. The molecule has 1 N–H and O–H groups in total. The van der Waals surface area contributed by atoms with Gasteiger partial charge in [-0.1, -0.05) is 0 Å². The monoisotopic (exact) mass is 320 g/mol. The minimum absolute atomic E-state index is 0.655. The van der Waals surface area contributed by atoms with E-state index in [4.69, 9.17) is 4.74 Å². The molecule has 0 saturated carbocycles. The molecule has 7 heteroatoms. The summed E-state index contributed by atoms with van der Waals surface area (Å²) in [7, 11) is 3.85. The average Bonchev–Trinajstić information content (AvgIpc) is 3.19. The minimum Gasteiger partial charge on any atom is -0.381 e. The van der Waals surface area contributed by atoms with Crippen molar-refractivity contribution in [2.24, 2.45) is 23.9 Å². The van der Waals surface area contributed by atoms with Crippen molar-refractivity contribution in [1.29, 1.82) is 0 Å². The highest BCUT2D eigenvalue weighted by Crippen LogP contribution is 2.31. The second kappa shape index (κ2) is 7.29. The number of nitrogens with zero attached hydrogens (tertiary/aromatic N) is 5. The number of aliphatic imine (C=N–C) groups is 1. The highest BCUT2D eigenvalue weighted by atomic mass is 16.5. The molecule has 0 spiro atoms. The number of hydrogen-bond donors (Lipinski definition) is 1. The minimum atomic E-state index is 0.655. The Morgan fingerprint density at radius 3 is 2.70 bits per heavy atom. The number of guanidine groups is 1. The van der Waals surface area contributed by atoms with Crippen LogP contribution in [0.25, 0.3) is 0 Å². The SMILES string of the molecule is CN=C(NCc1nnc(C)n1C)N1CCC(C2CCOCC2)C1. The van der Waals surface area contributed by atoms with E-state index in [0.29, 0.717) is 6.54 Å². The molecule has 1 aromatic heterocycles. The molecule has 0 radical (unpaired) electrons. The van der Waals surface area contributed by atoms with Crippen LogP contribution in [0.3, 0.4) is 0 Å². The lowest BCUT2D eigenvalue weighted by molar-refractivity contribution is 0.0488. The van der Waals surface area contributed by atoms with Crippen LogP contribution in [0.2, 0.25) is 0 Å². The summed E-state index contributed by atoms with van der Waals surface area (Å²) in [6.45, 7) is 6.66. The number of ether oxygens (including phenoxy) is 1. The van der Waals surface area contributed by atoms with Crippen molar-refractivity contribution < 1.29 is 4.74 Å². The molecule has 2 aliphatic rings. The van der Waals surface area contributed by atoms with Gasteiger partial charge >= 0.3 is 0 Å². The summed E-state index contributed by atoms with van der Waals surface area (Å²) in [5, 5.41) is 11.7. The van der Waals surface area contributed by atoms with Crippen LogP contribution in [0.1, 0.15) is 30.9 Å². The molecule has 0 bridgehead atoms. The number of hydrogen-bond acceptors (Lipinski definition) is 4. The summed E-state index contributed by atoms with van der Waals surface area (Å²) in [6, 6.07) is 0. The Balaban J connectivity index is 1.54. The van der Waals surface area contributed by atoms with Crippen molar-refractivity contribution in [2.45, 2.75) is 32.7 Å². The van der Waals surface area contributed by atoms with Gasteiger partial charge in [-0.2, -0.15) is 0 Å². The first kappa shape index (κ1) is 16.2. The molecule has 3 heterocycles. The molecular formula is C16H28N6O. The van der Waals surface area contributed by atoms with Gasteiger partial charge in [0.25, 0.3) is 0 Å². The number of rotatable bonds is 3. The molecule has 2 aliphatic heterocycles. The van der Waals surface area contributed by atoms with Crippen LogP contribution in [0.4, 0.5) is 0 Å². The maximum absolute atomic E-state index is 5.49. The lowest BCUT2D eigenvalue weighted by Gasteiger charge is -2.28. The fourth-order valence-corrected chi connectivity index (χ4v) is 3.65. The second-order valence-corrected chi connectivity index (χ2v) is 6.57. The summed E-state index contributed by atoms with van der Waals surface area (Å²) in [5.41, 5.74) is 0. The first-order valence-electron chi connectivity index (χ1n) is 8.57. The van der Waals surface area contributed by atoms with E-state index >= 15 is 0 Å². The lowest BCUT2D eigenvalue weighted by atomic mass is 9.85. The van der Waals surface area contributed by atoms with Crippen LogP contribution < -0.4 is 5.32 Å². The predicted molar refractivity (Wildman–Crippen MR) is 89.2 cm³/mol. The third kappa shape index (κ3) is 3.65. The number of likely N-dealkylation sites (tertiary alicyclic amines) is 1. The molecule has 2 fully saturated rings. The van der Waals surface area contributed by atoms with Crippen molar-refractivity contribution in [3.8, 4) is 0 Å². The van der Waals surface area contributed by atoms with Gasteiger partial charge in [0.2, 0.25) is 0 Å². The maximum atomic E-state index is 5.49. The van der Waals surface area contributed by atoms with Gasteiger partial charge < -0.3 is 19.5 Å². The van der Waals surface area contributed by atoms with Crippen molar-refractivity contribution in [3.05, 3.63) is 11.6 Å². The van der Waals surface area contributed by atoms with Gasteiger partial charge in [0.05, 0.1) is 6.54 Å². The van der Waals surface area contributed by atoms with E-state index in [2.05, 4.69) is 25.4 Å². The lowest BCUT2D eigenvalue weighted by Crippen LogP contribution is -2.40. The zero-order valence-electron chi connectivity index (χ0n) is 14.5. The molecule has 2 saturated heterocycles. The van der Waals surface area contributed by atoms with E-state index in [1.165, 1.54) is 19.3 Å². The smallest absolute Gasteiger partial charge is 0.194 e. The first-order chi connectivity index (χ1) is 11.2. The second-order valence-electron chi connectivity index (χ2n) is 6.57. The van der Waals surface area contributed by atoms with Crippen LogP contribution >= 0.6 is 0 Å². The van der Waals surface area contributed by atoms with Crippen LogP contribution in [-0.2, 0) is 18.3 Å². The Morgan fingerprint density at radius 1 is 1.26 bits per heavy atom. The fourth-order valence-electron chi connectivity index (χ4n) is 3.65. The Morgan fingerprint density at radius 2 is 2.04 bits per heavy atom. The van der Waals surface area contributed by atoms with E-state index in [1.807, 2.05) is 25.6 Å². The summed E-state index contributed by atoms with van der Waals surface area (Å²) in [4.78, 5) is 6.83. The van der Waals surface area contributed by atoms with Crippen LogP contribution in [0.15, 0.2) is 4.99 Å². The van der Waals surface area contributed by atoms with Gasteiger partial charge in [0, 0.05) is 40.4 Å². The molecule has 0 aliphatic carbocycles. The summed E-state index contributed by atoms with van der Waals surface area (Å²) in [5.74, 6) is 4.42. The zero-order chi connectivity index (χ0) is 16.2. The van der Waals surface area contributed by atoms with Crippen molar-refractivity contribution in [3.63, 3.8) is 0 Å². The maximum Gasteiger partial charge on any atom is 0.194 e. The summed E-state index contributed by atoms with van der Waals surface area (Å²) < 4.78 is 7.50. The highest BCUT2D eigenvalue weighted by molar-refractivity contribution is 5.80. The van der Waals surface area contributed by atoms with E-state index in [1.54, 1.807) is 0 Å². The molecule has 7 nitrogen and oxygen atoms in total. The normalized spacial score (nSPS) is 23.5. The van der Waals surface area contributed by atoms with Crippen LogP contribution in [0, 0.1) is 18.8 Å². The quantitative estimate of drug-likeness (QED) is 0.663. The third-order valence-electron chi connectivity index (χ3n) is 5.26. The van der Waals surface area contributed by atoms with Gasteiger partial charge in [-0.15, -0.1) is 10.2 Å². The summed E-state index contributed by atoms with van der Waals surface area (Å²) >= 11 is 0. The number of aromatic nitrogens is 3. The number of nitrogens with one attached hydrogen (secondary N) is 1. The van der Waals surface area contributed by atoms with Crippen molar-refractivity contribution >= 4 is 5.96 Å². The van der Waals surface area contributed by atoms with E-state index < -0.39 is 0 Å². The average molecular weight is 320 g/mol. The first-order valence-corrected chi connectivity index (χ1v) is 8.57.